The first-order valence-corrected chi connectivity index (χ1v) is 10.1. The number of rotatable bonds is 9. The highest BCUT2D eigenvalue weighted by Gasteiger charge is 2.21. The van der Waals surface area contributed by atoms with Crippen molar-refractivity contribution >= 4 is 17.4 Å². The predicted molar refractivity (Wildman–Crippen MR) is 128 cm³/mol. The second-order valence-electron chi connectivity index (χ2n) is 7.27. The fourth-order valence-corrected chi connectivity index (χ4v) is 3.28. The van der Waals surface area contributed by atoms with E-state index in [9.17, 15) is 4.79 Å². The maximum absolute atomic E-state index is 12.3. The predicted octanol–water partition coefficient (Wildman–Crippen LogP) is 2.65. The lowest BCUT2D eigenvalue weighted by atomic mass is 10.0. The summed E-state index contributed by atoms with van der Waals surface area (Å²) < 4.78 is 16.8. The van der Waals surface area contributed by atoms with Gasteiger partial charge in [-0.05, 0) is 49.7 Å². The summed E-state index contributed by atoms with van der Waals surface area (Å²) in [4.78, 5) is 12.3. The van der Waals surface area contributed by atoms with Gasteiger partial charge in [0.2, 0.25) is 0 Å². The van der Waals surface area contributed by atoms with E-state index >= 15 is 0 Å². The molecule has 0 heterocycles. The Kier molecular flexibility index (Phi) is 8.66. The molecular formula is C23H32N6O4. The van der Waals surface area contributed by atoms with Gasteiger partial charge < -0.3 is 19.5 Å². The Morgan fingerprint density at radius 3 is 2.39 bits per heavy atom. The number of methoxy groups -OCH3 is 2. The Labute approximate surface area is 194 Å². The fraction of sp³-hybridized carbons (Fsp3) is 0.304. The third-order valence-corrected chi connectivity index (χ3v) is 5.08. The van der Waals surface area contributed by atoms with Crippen molar-refractivity contribution in [2.45, 2.75) is 20.5 Å². The SMILES string of the molecule is CN/C(OC)=C(/C)C(=N)c1ccc(OCc2c(OC)cccc2N(N)C(=O)N(C)N)c(C)c1. The molecule has 0 aliphatic heterocycles. The number of allylic oxidation sites excluding steroid dienone is 1. The van der Waals surface area contributed by atoms with Gasteiger partial charge in [0.05, 0.1) is 31.2 Å². The molecule has 0 aliphatic rings. The van der Waals surface area contributed by atoms with E-state index in [2.05, 4.69) is 5.32 Å². The van der Waals surface area contributed by atoms with Gasteiger partial charge in [0, 0.05) is 25.2 Å². The Balaban J connectivity index is 2.31. The number of nitrogens with zero attached hydrogens (tertiary/aromatic N) is 2. The van der Waals surface area contributed by atoms with Gasteiger partial charge in [0.25, 0.3) is 0 Å². The maximum atomic E-state index is 12.3. The van der Waals surface area contributed by atoms with Gasteiger partial charge in [-0.2, -0.15) is 0 Å². The molecule has 33 heavy (non-hydrogen) atoms. The largest absolute Gasteiger partial charge is 0.496 e. The molecule has 0 saturated heterocycles. The lowest BCUT2D eigenvalue weighted by Crippen LogP contribution is -2.49. The van der Waals surface area contributed by atoms with Crippen LogP contribution < -0.4 is 31.5 Å². The number of anilines is 1. The van der Waals surface area contributed by atoms with Crippen LogP contribution in [0.25, 0.3) is 0 Å². The number of benzene rings is 2. The molecule has 0 fully saturated rings. The average molecular weight is 457 g/mol. The van der Waals surface area contributed by atoms with Crippen molar-refractivity contribution in [2.24, 2.45) is 11.7 Å². The second kappa shape index (κ2) is 11.2. The van der Waals surface area contributed by atoms with Gasteiger partial charge in [-0.25, -0.2) is 21.5 Å². The van der Waals surface area contributed by atoms with Gasteiger partial charge in [0.1, 0.15) is 18.1 Å². The molecule has 0 spiro atoms. The lowest BCUT2D eigenvalue weighted by molar-refractivity contribution is 0.216. The third-order valence-electron chi connectivity index (χ3n) is 5.08. The molecule has 0 atom stereocenters. The zero-order valence-corrected chi connectivity index (χ0v) is 19.9. The number of amides is 2. The van der Waals surface area contributed by atoms with Gasteiger partial charge in [-0.15, -0.1) is 0 Å². The smallest absolute Gasteiger partial charge is 0.352 e. The summed E-state index contributed by atoms with van der Waals surface area (Å²) in [5.74, 6) is 13.2. The van der Waals surface area contributed by atoms with Gasteiger partial charge in [-0.3, -0.25) is 10.4 Å². The summed E-state index contributed by atoms with van der Waals surface area (Å²) >= 11 is 0. The fourth-order valence-electron chi connectivity index (χ4n) is 3.28. The molecule has 0 radical (unpaired) electrons. The first kappa shape index (κ1) is 25.5. The Bertz CT molecular complexity index is 1050. The zero-order chi connectivity index (χ0) is 24.7. The number of hydrogen-bond acceptors (Lipinski definition) is 8. The van der Waals surface area contributed by atoms with Crippen LogP contribution >= 0.6 is 0 Å². The second-order valence-corrected chi connectivity index (χ2v) is 7.27. The highest BCUT2D eigenvalue weighted by molar-refractivity contribution is 6.10. The molecule has 0 bridgehead atoms. The minimum atomic E-state index is -0.594. The molecule has 2 amide bonds. The Morgan fingerprint density at radius 1 is 1.15 bits per heavy atom. The molecule has 2 rings (SSSR count). The van der Waals surface area contributed by atoms with E-state index in [1.54, 1.807) is 38.4 Å². The number of nitrogens with two attached hydrogens (primary N) is 2. The summed E-state index contributed by atoms with van der Waals surface area (Å²) in [6.45, 7) is 3.81. The van der Waals surface area contributed by atoms with Crippen molar-refractivity contribution in [3.8, 4) is 11.5 Å². The summed E-state index contributed by atoms with van der Waals surface area (Å²) in [5.41, 5.74) is 3.59. The molecule has 2 aromatic rings. The van der Waals surface area contributed by atoms with Crippen molar-refractivity contribution in [1.82, 2.24) is 10.3 Å². The molecule has 0 aliphatic carbocycles. The van der Waals surface area contributed by atoms with Gasteiger partial charge in [0.15, 0.2) is 5.88 Å². The van der Waals surface area contributed by atoms with Crippen LogP contribution in [0.3, 0.4) is 0 Å². The zero-order valence-electron chi connectivity index (χ0n) is 19.9. The first-order valence-electron chi connectivity index (χ1n) is 10.1. The van der Waals surface area contributed by atoms with Crippen molar-refractivity contribution < 1.29 is 19.0 Å². The molecule has 10 nitrogen and oxygen atoms in total. The van der Waals surface area contributed by atoms with Crippen LogP contribution in [0.5, 0.6) is 11.5 Å². The molecule has 0 saturated carbocycles. The summed E-state index contributed by atoms with van der Waals surface area (Å²) in [6.07, 6.45) is 0. The van der Waals surface area contributed by atoms with Crippen LogP contribution in [0.15, 0.2) is 47.9 Å². The van der Waals surface area contributed by atoms with Crippen LogP contribution in [-0.2, 0) is 11.3 Å². The number of urea groups is 1. The Morgan fingerprint density at radius 2 is 1.85 bits per heavy atom. The number of ether oxygens (including phenoxy) is 3. The summed E-state index contributed by atoms with van der Waals surface area (Å²) in [6, 6.07) is 10.1. The number of nitrogens with one attached hydrogen (secondary N) is 2. The number of aryl methyl sites for hydroxylation is 1. The van der Waals surface area contributed by atoms with Gasteiger partial charge in [-0.1, -0.05) is 6.07 Å². The molecule has 6 N–H and O–H groups in total. The van der Waals surface area contributed by atoms with E-state index in [0.29, 0.717) is 39.9 Å². The molecule has 10 heteroatoms. The first-order chi connectivity index (χ1) is 15.7. The quantitative estimate of drug-likeness (QED) is 0.150. The van der Waals surface area contributed by atoms with E-state index in [1.165, 1.54) is 14.2 Å². The lowest BCUT2D eigenvalue weighted by Gasteiger charge is -2.24. The molecule has 178 valence electrons. The number of carbonyl (C=O) groups excluding carboxylic acids is 1. The van der Waals surface area contributed by atoms with Crippen molar-refractivity contribution in [3.05, 3.63) is 64.5 Å². The highest BCUT2D eigenvalue weighted by Crippen LogP contribution is 2.31. The standard InChI is InChI=1S/C23H32N6O4/c1-14-12-16(21(24)15(2)22(27-3)32-6)10-11-19(14)33-13-17-18(8-7-9-20(17)31-5)29(26)23(30)28(4)25/h7-12,24,27H,13,25-26H2,1-6H3/b22-15+,24-21?. The van der Waals surface area contributed by atoms with E-state index in [1.807, 2.05) is 26.0 Å². The normalized spacial score (nSPS) is 11.3. The number of carbonyl (C=O) groups is 1. The third kappa shape index (κ3) is 5.73. The van der Waals surface area contributed by atoms with Crippen LogP contribution in [-0.4, -0.2) is 45.1 Å². The minimum Gasteiger partial charge on any atom is -0.496 e. The van der Waals surface area contributed by atoms with Crippen LogP contribution in [0.2, 0.25) is 0 Å². The van der Waals surface area contributed by atoms with E-state index in [4.69, 9.17) is 31.3 Å². The van der Waals surface area contributed by atoms with E-state index < -0.39 is 6.03 Å². The minimum absolute atomic E-state index is 0.0960. The van der Waals surface area contributed by atoms with E-state index in [-0.39, 0.29) is 6.61 Å². The highest BCUT2D eigenvalue weighted by atomic mass is 16.5. The molecule has 0 unspecified atom stereocenters. The maximum Gasteiger partial charge on any atom is 0.352 e. The van der Waals surface area contributed by atoms with Gasteiger partial charge >= 0.3 is 6.03 Å². The monoisotopic (exact) mass is 456 g/mol. The van der Waals surface area contributed by atoms with Crippen molar-refractivity contribution in [1.29, 1.82) is 5.41 Å². The van der Waals surface area contributed by atoms with Crippen molar-refractivity contribution in [3.63, 3.8) is 0 Å². The molecule has 2 aromatic carbocycles. The topological polar surface area (TPSA) is 139 Å². The van der Waals surface area contributed by atoms with Crippen LogP contribution in [0.1, 0.15) is 23.6 Å². The summed E-state index contributed by atoms with van der Waals surface area (Å²) in [7, 11) is 6.23. The number of hydrazine groups is 2. The number of hydrogen-bond donors (Lipinski definition) is 4. The average Bonchev–Trinajstić information content (AvgIpc) is 2.82. The summed E-state index contributed by atoms with van der Waals surface area (Å²) in [5, 5.41) is 13.3. The van der Waals surface area contributed by atoms with Crippen LogP contribution in [0, 0.1) is 12.3 Å². The Hall–Kier alpha value is -3.76. The van der Waals surface area contributed by atoms with Crippen molar-refractivity contribution in [2.75, 3.05) is 33.3 Å². The molecular weight excluding hydrogens is 424 g/mol. The molecule has 0 aromatic heterocycles. The van der Waals surface area contributed by atoms with Crippen LogP contribution in [0.4, 0.5) is 10.5 Å². The van der Waals surface area contributed by atoms with E-state index in [0.717, 1.165) is 21.1 Å².